The zero-order chi connectivity index (χ0) is 10.1. The minimum absolute atomic E-state index is 0.215. The molecule has 1 aromatic heterocycles. The van der Waals surface area contributed by atoms with Crippen LogP contribution in [0.25, 0.3) is 0 Å². The molecular formula is C11H19N3. The summed E-state index contributed by atoms with van der Waals surface area (Å²) < 4.78 is 1.88. The van der Waals surface area contributed by atoms with Gasteiger partial charge in [-0.15, -0.1) is 0 Å². The molecule has 2 N–H and O–H groups in total. The maximum atomic E-state index is 6.24. The first kappa shape index (κ1) is 9.71. The van der Waals surface area contributed by atoms with Crippen LogP contribution >= 0.6 is 0 Å². The molecule has 2 rings (SSSR count). The lowest BCUT2D eigenvalue weighted by Gasteiger charge is -2.31. The minimum Gasteiger partial charge on any atom is -0.324 e. The maximum absolute atomic E-state index is 6.24. The molecule has 3 heteroatoms. The molecule has 0 spiro atoms. The zero-order valence-electron chi connectivity index (χ0n) is 9.03. The Balaban J connectivity index is 2.20. The Morgan fingerprint density at radius 2 is 2.36 bits per heavy atom. The Kier molecular flexibility index (Phi) is 2.59. The molecule has 0 saturated heterocycles. The first-order valence-corrected chi connectivity index (χ1v) is 5.50. The Morgan fingerprint density at radius 1 is 1.64 bits per heavy atom. The first-order valence-electron chi connectivity index (χ1n) is 5.50. The van der Waals surface area contributed by atoms with Crippen molar-refractivity contribution in [2.45, 2.75) is 38.6 Å². The van der Waals surface area contributed by atoms with E-state index >= 15 is 0 Å². The van der Waals surface area contributed by atoms with Crippen LogP contribution in [0.3, 0.4) is 0 Å². The van der Waals surface area contributed by atoms with Crippen LogP contribution in [0, 0.1) is 5.92 Å². The lowest BCUT2D eigenvalue weighted by Crippen LogP contribution is -2.27. The van der Waals surface area contributed by atoms with Crippen molar-refractivity contribution >= 4 is 0 Å². The fourth-order valence-corrected chi connectivity index (χ4v) is 2.16. The van der Waals surface area contributed by atoms with E-state index in [1.807, 2.05) is 11.7 Å². The van der Waals surface area contributed by atoms with E-state index in [9.17, 15) is 0 Å². The van der Waals surface area contributed by atoms with Gasteiger partial charge in [0.05, 0.1) is 5.69 Å². The monoisotopic (exact) mass is 193 g/mol. The molecular weight excluding hydrogens is 174 g/mol. The molecule has 0 bridgehead atoms. The summed E-state index contributed by atoms with van der Waals surface area (Å²) in [6.07, 6.45) is 7.00. The summed E-state index contributed by atoms with van der Waals surface area (Å²) in [7, 11) is 1.97. The number of hydrogen-bond acceptors (Lipinski definition) is 2. The smallest absolute Gasteiger partial charge is 0.0669 e. The summed E-state index contributed by atoms with van der Waals surface area (Å²) in [5.74, 6) is 0.699. The normalized spacial score (nSPS) is 19.4. The molecule has 1 atom stereocenters. The number of nitrogens with zero attached hydrogens (tertiary/aromatic N) is 2. The van der Waals surface area contributed by atoms with Gasteiger partial charge in [0, 0.05) is 24.8 Å². The molecule has 1 fully saturated rings. The molecule has 0 aliphatic heterocycles. The topological polar surface area (TPSA) is 43.8 Å². The van der Waals surface area contributed by atoms with E-state index in [2.05, 4.69) is 18.2 Å². The molecule has 3 nitrogen and oxygen atoms in total. The van der Waals surface area contributed by atoms with Gasteiger partial charge in [-0.05, 0) is 25.2 Å². The summed E-state index contributed by atoms with van der Waals surface area (Å²) in [4.78, 5) is 0. The molecule has 1 aliphatic carbocycles. The van der Waals surface area contributed by atoms with Gasteiger partial charge in [-0.3, -0.25) is 4.68 Å². The summed E-state index contributed by atoms with van der Waals surface area (Å²) >= 11 is 0. The molecule has 1 saturated carbocycles. The molecule has 1 aromatic rings. The van der Waals surface area contributed by atoms with Crippen molar-refractivity contribution in [3.8, 4) is 0 Å². The number of hydrogen-bond donors (Lipinski definition) is 1. The number of aryl methyl sites for hydroxylation is 2. The predicted molar refractivity (Wildman–Crippen MR) is 56.9 cm³/mol. The lowest BCUT2D eigenvalue weighted by molar-refractivity contribution is 0.263. The third kappa shape index (κ3) is 1.57. The third-order valence-electron chi connectivity index (χ3n) is 3.29. The van der Waals surface area contributed by atoms with Gasteiger partial charge < -0.3 is 5.73 Å². The van der Waals surface area contributed by atoms with Crippen LogP contribution in [0.4, 0.5) is 0 Å². The van der Waals surface area contributed by atoms with E-state index in [-0.39, 0.29) is 6.04 Å². The van der Waals surface area contributed by atoms with Crippen LogP contribution in [0.15, 0.2) is 6.20 Å². The van der Waals surface area contributed by atoms with Crippen LogP contribution in [-0.4, -0.2) is 9.78 Å². The van der Waals surface area contributed by atoms with Crippen LogP contribution < -0.4 is 5.73 Å². The second kappa shape index (κ2) is 3.73. The van der Waals surface area contributed by atoms with Gasteiger partial charge in [-0.25, -0.2) is 0 Å². The van der Waals surface area contributed by atoms with Gasteiger partial charge in [0.1, 0.15) is 0 Å². The maximum Gasteiger partial charge on any atom is 0.0669 e. The van der Waals surface area contributed by atoms with Crippen LogP contribution in [-0.2, 0) is 13.5 Å². The van der Waals surface area contributed by atoms with E-state index in [1.54, 1.807) is 0 Å². The van der Waals surface area contributed by atoms with E-state index in [1.165, 1.54) is 30.5 Å². The average Bonchev–Trinajstić information content (AvgIpc) is 2.43. The SMILES string of the molecule is CCc1nn(C)cc1C(N)C1CCC1. The van der Waals surface area contributed by atoms with Crippen LogP contribution in [0.2, 0.25) is 0 Å². The highest BCUT2D eigenvalue weighted by molar-refractivity contribution is 5.22. The summed E-state index contributed by atoms with van der Waals surface area (Å²) in [6, 6.07) is 0.215. The molecule has 1 unspecified atom stereocenters. The van der Waals surface area contributed by atoms with Crippen LogP contribution in [0.1, 0.15) is 43.5 Å². The van der Waals surface area contributed by atoms with Crippen molar-refractivity contribution in [3.63, 3.8) is 0 Å². The van der Waals surface area contributed by atoms with Gasteiger partial charge >= 0.3 is 0 Å². The van der Waals surface area contributed by atoms with Gasteiger partial charge in [-0.2, -0.15) is 5.10 Å². The minimum atomic E-state index is 0.215. The highest BCUT2D eigenvalue weighted by atomic mass is 15.3. The van der Waals surface area contributed by atoms with Crippen molar-refractivity contribution < 1.29 is 0 Å². The predicted octanol–water partition coefficient (Wildman–Crippen LogP) is 1.78. The Morgan fingerprint density at radius 3 is 2.86 bits per heavy atom. The van der Waals surface area contributed by atoms with Gasteiger partial charge in [-0.1, -0.05) is 13.3 Å². The van der Waals surface area contributed by atoms with Gasteiger partial charge in [0.25, 0.3) is 0 Å². The largest absolute Gasteiger partial charge is 0.324 e. The van der Waals surface area contributed by atoms with Gasteiger partial charge in [0.15, 0.2) is 0 Å². The van der Waals surface area contributed by atoms with E-state index in [0.717, 1.165) is 6.42 Å². The van der Waals surface area contributed by atoms with Crippen molar-refractivity contribution in [1.82, 2.24) is 9.78 Å². The Bertz CT molecular complexity index is 312. The first-order chi connectivity index (χ1) is 6.72. The van der Waals surface area contributed by atoms with E-state index in [4.69, 9.17) is 5.73 Å². The fourth-order valence-electron chi connectivity index (χ4n) is 2.16. The number of nitrogens with two attached hydrogens (primary N) is 1. The van der Waals surface area contributed by atoms with Crippen molar-refractivity contribution in [3.05, 3.63) is 17.5 Å². The molecule has 14 heavy (non-hydrogen) atoms. The van der Waals surface area contributed by atoms with E-state index < -0.39 is 0 Å². The Labute approximate surface area is 85.3 Å². The zero-order valence-corrected chi connectivity index (χ0v) is 9.03. The molecule has 78 valence electrons. The van der Waals surface area contributed by atoms with Crippen molar-refractivity contribution in [2.75, 3.05) is 0 Å². The third-order valence-corrected chi connectivity index (χ3v) is 3.29. The number of aromatic nitrogens is 2. The second-order valence-corrected chi connectivity index (χ2v) is 4.28. The molecule has 1 aliphatic rings. The standard InChI is InChI=1S/C11H19N3/c1-3-10-9(7-14(2)13-10)11(12)8-5-4-6-8/h7-8,11H,3-6,12H2,1-2H3. The molecule has 1 heterocycles. The fraction of sp³-hybridized carbons (Fsp3) is 0.727. The molecule has 0 amide bonds. The average molecular weight is 193 g/mol. The molecule has 0 aromatic carbocycles. The number of rotatable bonds is 3. The van der Waals surface area contributed by atoms with Crippen molar-refractivity contribution in [2.24, 2.45) is 18.7 Å². The highest BCUT2D eigenvalue weighted by Gasteiger charge is 2.27. The van der Waals surface area contributed by atoms with Crippen molar-refractivity contribution in [1.29, 1.82) is 0 Å². The molecule has 0 radical (unpaired) electrons. The summed E-state index contributed by atoms with van der Waals surface area (Å²) in [5.41, 5.74) is 8.67. The second-order valence-electron chi connectivity index (χ2n) is 4.28. The quantitative estimate of drug-likeness (QED) is 0.795. The van der Waals surface area contributed by atoms with Gasteiger partial charge in [0.2, 0.25) is 0 Å². The Hall–Kier alpha value is -0.830. The summed E-state index contributed by atoms with van der Waals surface area (Å²) in [6.45, 7) is 2.14. The van der Waals surface area contributed by atoms with E-state index in [0.29, 0.717) is 5.92 Å². The summed E-state index contributed by atoms with van der Waals surface area (Å²) in [5, 5.41) is 4.43. The van der Waals surface area contributed by atoms with Crippen LogP contribution in [0.5, 0.6) is 0 Å². The highest BCUT2D eigenvalue weighted by Crippen LogP contribution is 2.36. The lowest BCUT2D eigenvalue weighted by atomic mass is 9.77.